The Kier molecular flexibility index (Phi) is 4.64. The van der Waals surface area contributed by atoms with Gasteiger partial charge in [-0.1, -0.05) is 0 Å². The molecular formula is C16H16N4O4. The molecule has 1 aliphatic heterocycles. The Hall–Kier alpha value is -3.03. The van der Waals surface area contributed by atoms with E-state index in [4.69, 9.17) is 4.74 Å². The molecule has 3 rings (SSSR count). The number of non-ortho nitro benzene ring substituents is 1. The summed E-state index contributed by atoms with van der Waals surface area (Å²) in [4.78, 5) is 32.9. The zero-order valence-corrected chi connectivity index (χ0v) is 12.9. The number of piperidine rings is 1. The minimum absolute atomic E-state index is 0.0418. The van der Waals surface area contributed by atoms with Gasteiger partial charge in [-0.05, 0) is 31.0 Å². The fourth-order valence-corrected chi connectivity index (χ4v) is 2.64. The lowest BCUT2D eigenvalue weighted by Gasteiger charge is -2.31. The van der Waals surface area contributed by atoms with Crippen molar-refractivity contribution < 1.29 is 14.5 Å². The van der Waals surface area contributed by atoms with Gasteiger partial charge in [0.1, 0.15) is 5.75 Å². The van der Waals surface area contributed by atoms with Gasteiger partial charge in [0.15, 0.2) is 0 Å². The normalized spacial score (nSPS) is 17.3. The maximum absolute atomic E-state index is 12.3. The van der Waals surface area contributed by atoms with Gasteiger partial charge in [0.05, 0.1) is 10.8 Å². The van der Waals surface area contributed by atoms with E-state index in [-0.39, 0.29) is 17.6 Å². The van der Waals surface area contributed by atoms with Gasteiger partial charge in [-0.2, -0.15) is 0 Å². The van der Waals surface area contributed by atoms with Crippen molar-refractivity contribution in [2.45, 2.75) is 12.8 Å². The number of rotatable bonds is 4. The monoisotopic (exact) mass is 328 g/mol. The number of ether oxygens (including phenoxy) is 1. The van der Waals surface area contributed by atoms with E-state index in [1.54, 1.807) is 18.5 Å². The van der Waals surface area contributed by atoms with Crippen LogP contribution in [0.15, 0.2) is 42.7 Å². The first-order valence-electron chi connectivity index (χ1n) is 7.61. The van der Waals surface area contributed by atoms with Crippen molar-refractivity contribution in [3.63, 3.8) is 0 Å². The van der Waals surface area contributed by atoms with Gasteiger partial charge < -0.3 is 9.64 Å². The first-order valence-corrected chi connectivity index (χ1v) is 7.61. The number of hydrogen-bond acceptors (Lipinski definition) is 7. The second-order valence-corrected chi connectivity index (χ2v) is 5.51. The van der Waals surface area contributed by atoms with E-state index >= 15 is 0 Å². The lowest BCUT2D eigenvalue weighted by Crippen LogP contribution is -2.41. The number of nitrogens with zero attached hydrogens (tertiary/aromatic N) is 4. The fourth-order valence-electron chi connectivity index (χ4n) is 2.64. The number of esters is 1. The Balaban J connectivity index is 1.63. The van der Waals surface area contributed by atoms with Crippen LogP contribution in [0.1, 0.15) is 12.8 Å². The second kappa shape index (κ2) is 7.03. The average molecular weight is 328 g/mol. The van der Waals surface area contributed by atoms with Crippen LogP contribution in [0.5, 0.6) is 5.75 Å². The topological polar surface area (TPSA) is 98.5 Å². The lowest BCUT2D eigenvalue weighted by molar-refractivity contribution is -0.384. The van der Waals surface area contributed by atoms with Crippen molar-refractivity contribution in [2.24, 2.45) is 5.92 Å². The summed E-state index contributed by atoms with van der Waals surface area (Å²) in [5.74, 6) is 0.284. The minimum Gasteiger partial charge on any atom is -0.426 e. The number of anilines is 1. The first-order chi connectivity index (χ1) is 11.6. The molecule has 124 valence electrons. The molecule has 0 unspecified atom stereocenters. The number of benzene rings is 1. The van der Waals surface area contributed by atoms with Crippen molar-refractivity contribution >= 4 is 17.6 Å². The molecule has 1 aromatic carbocycles. The maximum Gasteiger partial charge on any atom is 0.316 e. The van der Waals surface area contributed by atoms with E-state index in [9.17, 15) is 14.9 Å². The maximum atomic E-state index is 12.3. The largest absolute Gasteiger partial charge is 0.426 e. The molecule has 0 spiro atoms. The summed E-state index contributed by atoms with van der Waals surface area (Å²) in [6.07, 6.45) is 4.91. The third-order valence-corrected chi connectivity index (χ3v) is 3.86. The lowest BCUT2D eigenvalue weighted by atomic mass is 9.98. The van der Waals surface area contributed by atoms with Crippen molar-refractivity contribution in [3.8, 4) is 5.75 Å². The van der Waals surface area contributed by atoms with Gasteiger partial charge >= 0.3 is 5.97 Å². The number of aromatic nitrogens is 2. The van der Waals surface area contributed by atoms with Gasteiger partial charge in [0.2, 0.25) is 5.95 Å². The molecule has 8 nitrogen and oxygen atoms in total. The van der Waals surface area contributed by atoms with Crippen LogP contribution in [0.3, 0.4) is 0 Å². The number of carbonyl (C=O) groups excluding carboxylic acids is 1. The molecule has 0 N–H and O–H groups in total. The van der Waals surface area contributed by atoms with Crippen LogP contribution in [-0.2, 0) is 4.79 Å². The highest BCUT2D eigenvalue weighted by Crippen LogP contribution is 2.23. The fraction of sp³-hybridized carbons (Fsp3) is 0.312. The van der Waals surface area contributed by atoms with Gasteiger partial charge in [-0.3, -0.25) is 14.9 Å². The summed E-state index contributed by atoms with van der Waals surface area (Å²) >= 11 is 0. The van der Waals surface area contributed by atoms with E-state index in [1.165, 1.54) is 24.3 Å². The standard InChI is InChI=1S/C16H16N4O4/c21-15(24-14-6-4-13(5-7-14)20(22)23)12-3-1-10-19(11-12)16-17-8-2-9-18-16/h2,4-9,12H,1,3,10-11H2/t12-/m0/s1. The summed E-state index contributed by atoms with van der Waals surface area (Å²) < 4.78 is 5.34. The van der Waals surface area contributed by atoms with Crippen molar-refractivity contribution in [1.29, 1.82) is 0 Å². The summed E-state index contributed by atoms with van der Waals surface area (Å²) in [7, 11) is 0. The quantitative estimate of drug-likeness (QED) is 0.367. The van der Waals surface area contributed by atoms with E-state index in [0.717, 1.165) is 19.4 Å². The summed E-state index contributed by atoms with van der Waals surface area (Å²) in [5.41, 5.74) is -0.0418. The molecule has 24 heavy (non-hydrogen) atoms. The molecule has 0 amide bonds. The van der Waals surface area contributed by atoms with E-state index in [1.807, 2.05) is 4.90 Å². The SMILES string of the molecule is O=C(Oc1ccc([N+](=O)[O-])cc1)[C@H]1CCCN(c2ncccn2)C1. The smallest absolute Gasteiger partial charge is 0.316 e. The molecule has 8 heteroatoms. The Morgan fingerprint density at radius 1 is 1.25 bits per heavy atom. The Morgan fingerprint density at radius 3 is 2.62 bits per heavy atom. The Labute approximate surface area is 138 Å². The zero-order chi connectivity index (χ0) is 16.9. The van der Waals surface area contributed by atoms with Crippen molar-refractivity contribution in [1.82, 2.24) is 9.97 Å². The van der Waals surface area contributed by atoms with E-state index in [2.05, 4.69) is 9.97 Å². The number of nitro benzene ring substituents is 1. The van der Waals surface area contributed by atoms with Gasteiger partial charge in [-0.25, -0.2) is 9.97 Å². The van der Waals surface area contributed by atoms with Crippen LogP contribution in [0, 0.1) is 16.0 Å². The van der Waals surface area contributed by atoms with Crippen LogP contribution in [0.4, 0.5) is 11.6 Å². The summed E-state index contributed by atoms with van der Waals surface area (Å²) in [5, 5.41) is 10.6. The molecule has 0 radical (unpaired) electrons. The second-order valence-electron chi connectivity index (χ2n) is 5.51. The third kappa shape index (κ3) is 3.65. The highest BCUT2D eigenvalue weighted by molar-refractivity contribution is 5.76. The number of hydrogen-bond donors (Lipinski definition) is 0. The highest BCUT2D eigenvalue weighted by atomic mass is 16.6. The van der Waals surface area contributed by atoms with Crippen molar-refractivity contribution in [3.05, 3.63) is 52.8 Å². The average Bonchev–Trinajstić information content (AvgIpc) is 2.63. The molecular weight excluding hydrogens is 312 g/mol. The van der Waals surface area contributed by atoms with Crippen LogP contribution < -0.4 is 9.64 Å². The Bertz CT molecular complexity index is 721. The molecule has 2 heterocycles. The third-order valence-electron chi connectivity index (χ3n) is 3.86. The minimum atomic E-state index is -0.496. The van der Waals surface area contributed by atoms with Gasteiger partial charge in [0.25, 0.3) is 5.69 Å². The number of carbonyl (C=O) groups is 1. The predicted molar refractivity (Wildman–Crippen MR) is 85.7 cm³/mol. The first kappa shape index (κ1) is 15.9. The van der Waals surface area contributed by atoms with Crippen LogP contribution in [-0.4, -0.2) is 34.0 Å². The van der Waals surface area contributed by atoms with Crippen LogP contribution in [0.2, 0.25) is 0 Å². The molecule has 1 fully saturated rings. The molecule has 1 aliphatic rings. The van der Waals surface area contributed by atoms with Gasteiger partial charge in [0, 0.05) is 37.6 Å². The predicted octanol–water partition coefficient (Wildman–Crippen LogP) is 2.21. The van der Waals surface area contributed by atoms with Crippen LogP contribution >= 0.6 is 0 Å². The van der Waals surface area contributed by atoms with E-state index in [0.29, 0.717) is 18.2 Å². The molecule has 1 saturated heterocycles. The summed E-state index contributed by atoms with van der Waals surface area (Å²) in [6, 6.07) is 7.23. The number of nitro groups is 1. The Morgan fingerprint density at radius 2 is 1.96 bits per heavy atom. The molecule has 0 aliphatic carbocycles. The molecule has 2 aromatic rings. The van der Waals surface area contributed by atoms with Crippen molar-refractivity contribution in [2.75, 3.05) is 18.0 Å². The van der Waals surface area contributed by atoms with Crippen LogP contribution in [0.25, 0.3) is 0 Å². The van der Waals surface area contributed by atoms with E-state index < -0.39 is 4.92 Å². The van der Waals surface area contributed by atoms with Gasteiger partial charge in [-0.15, -0.1) is 0 Å². The zero-order valence-electron chi connectivity index (χ0n) is 12.9. The summed E-state index contributed by atoms with van der Waals surface area (Å²) in [6.45, 7) is 1.29. The molecule has 1 aromatic heterocycles. The molecule has 0 saturated carbocycles. The molecule has 0 bridgehead atoms. The highest BCUT2D eigenvalue weighted by Gasteiger charge is 2.28. The molecule has 1 atom stereocenters.